The molecule has 1 amide bonds. The summed E-state index contributed by atoms with van der Waals surface area (Å²) in [6, 6.07) is 6.59. The zero-order valence-corrected chi connectivity index (χ0v) is 15.6. The molecule has 26 heavy (non-hydrogen) atoms. The van der Waals surface area contributed by atoms with Gasteiger partial charge in [0.25, 0.3) is 5.91 Å². The zero-order chi connectivity index (χ0) is 19.3. The van der Waals surface area contributed by atoms with Gasteiger partial charge in [0.1, 0.15) is 5.76 Å². The Labute approximate surface area is 155 Å². The first-order valence-electron chi connectivity index (χ1n) is 7.47. The Hall–Kier alpha value is -2.36. The van der Waals surface area contributed by atoms with E-state index in [1.54, 1.807) is 19.1 Å². The van der Waals surface area contributed by atoms with E-state index < -0.39 is 34.5 Å². The minimum Gasteiger partial charge on any atom is -0.467 e. The molecule has 0 aliphatic carbocycles. The Balaban J connectivity index is 2.01. The highest BCUT2D eigenvalue weighted by Crippen LogP contribution is 2.21. The summed E-state index contributed by atoms with van der Waals surface area (Å²) in [6.45, 7) is 1.16. The number of furan rings is 1. The van der Waals surface area contributed by atoms with Crippen molar-refractivity contribution in [1.82, 2.24) is 10.0 Å². The van der Waals surface area contributed by atoms with Gasteiger partial charge in [0.05, 0.1) is 27.8 Å². The van der Waals surface area contributed by atoms with Crippen LogP contribution in [0.15, 0.2) is 45.9 Å². The average Bonchev–Trinajstić information content (AvgIpc) is 3.14. The molecule has 0 aliphatic heterocycles. The molecule has 8 nitrogen and oxygen atoms in total. The standard InChI is InChI=1S/C16H17ClN2O6S/c1-10(14-4-3-7-24-14)19-15(20)9-25-16(21)12-8-11(5-6-13(12)17)26(22,23)18-2/h3-8,10,18H,9H2,1-2H3,(H,19,20)/t10-/m1/s1. The van der Waals surface area contributed by atoms with Gasteiger partial charge in [-0.15, -0.1) is 0 Å². The molecule has 0 spiro atoms. The molecule has 2 rings (SSSR count). The summed E-state index contributed by atoms with van der Waals surface area (Å²) in [5, 5.41) is 2.61. The predicted octanol–water partition coefficient (Wildman–Crippen LogP) is 1.88. The second-order valence-electron chi connectivity index (χ2n) is 5.23. The monoisotopic (exact) mass is 400 g/mol. The van der Waals surface area contributed by atoms with Crippen LogP contribution in [-0.4, -0.2) is 33.9 Å². The molecule has 0 fully saturated rings. The number of esters is 1. The highest BCUT2D eigenvalue weighted by molar-refractivity contribution is 7.89. The van der Waals surface area contributed by atoms with Crippen molar-refractivity contribution in [3.63, 3.8) is 0 Å². The third kappa shape index (κ3) is 4.84. The van der Waals surface area contributed by atoms with Crippen LogP contribution >= 0.6 is 11.6 Å². The van der Waals surface area contributed by atoms with Crippen molar-refractivity contribution in [3.8, 4) is 0 Å². The molecular weight excluding hydrogens is 384 g/mol. The molecule has 0 aliphatic rings. The predicted molar refractivity (Wildman–Crippen MR) is 93.2 cm³/mol. The zero-order valence-electron chi connectivity index (χ0n) is 14.0. The SMILES string of the molecule is CNS(=O)(=O)c1ccc(Cl)c(C(=O)OCC(=O)N[C@H](C)c2ccco2)c1. The number of carbonyl (C=O) groups is 2. The Morgan fingerprint density at radius 1 is 1.31 bits per heavy atom. The van der Waals surface area contributed by atoms with Gasteiger partial charge in [0.15, 0.2) is 6.61 Å². The van der Waals surface area contributed by atoms with Crippen molar-refractivity contribution in [2.75, 3.05) is 13.7 Å². The second-order valence-corrected chi connectivity index (χ2v) is 7.52. The van der Waals surface area contributed by atoms with Crippen molar-refractivity contribution in [1.29, 1.82) is 0 Å². The first-order chi connectivity index (χ1) is 12.2. The summed E-state index contributed by atoms with van der Waals surface area (Å²) >= 11 is 5.92. The molecule has 0 radical (unpaired) electrons. The largest absolute Gasteiger partial charge is 0.467 e. The molecule has 1 aromatic heterocycles. The van der Waals surface area contributed by atoms with Gasteiger partial charge < -0.3 is 14.5 Å². The molecule has 1 heterocycles. The summed E-state index contributed by atoms with van der Waals surface area (Å²) in [5.41, 5.74) is -0.158. The lowest BCUT2D eigenvalue weighted by molar-refractivity contribution is -0.125. The van der Waals surface area contributed by atoms with Crippen LogP contribution < -0.4 is 10.0 Å². The number of ether oxygens (including phenoxy) is 1. The smallest absolute Gasteiger partial charge is 0.340 e. The van der Waals surface area contributed by atoms with Crippen LogP contribution in [0, 0.1) is 0 Å². The molecule has 0 saturated heterocycles. The van der Waals surface area contributed by atoms with Gasteiger partial charge in [0.2, 0.25) is 10.0 Å². The normalized spacial score (nSPS) is 12.4. The number of nitrogens with one attached hydrogen (secondary N) is 2. The number of rotatable bonds is 7. The minimum absolute atomic E-state index is 0.00872. The van der Waals surface area contributed by atoms with Crippen LogP contribution in [0.2, 0.25) is 5.02 Å². The first-order valence-corrected chi connectivity index (χ1v) is 9.33. The molecule has 2 N–H and O–H groups in total. The van der Waals surface area contributed by atoms with Crippen LogP contribution in [-0.2, 0) is 19.6 Å². The van der Waals surface area contributed by atoms with Gasteiger partial charge in [-0.2, -0.15) is 0 Å². The molecule has 2 aromatic rings. The van der Waals surface area contributed by atoms with Crippen LogP contribution in [0.1, 0.15) is 29.1 Å². The number of carbonyl (C=O) groups excluding carboxylic acids is 2. The molecule has 10 heteroatoms. The van der Waals surface area contributed by atoms with E-state index in [1.165, 1.54) is 25.4 Å². The number of hydrogen-bond donors (Lipinski definition) is 2. The fraction of sp³-hybridized carbons (Fsp3) is 0.250. The van der Waals surface area contributed by atoms with Crippen molar-refractivity contribution in [2.45, 2.75) is 17.9 Å². The topological polar surface area (TPSA) is 115 Å². The van der Waals surface area contributed by atoms with E-state index in [0.29, 0.717) is 5.76 Å². The van der Waals surface area contributed by atoms with Crippen molar-refractivity contribution in [3.05, 3.63) is 52.9 Å². The van der Waals surface area contributed by atoms with Gasteiger partial charge in [-0.1, -0.05) is 11.6 Å². The molecule has 1 aromatic carbocycles. The van der Waals surface area contributed by atoms with Gasteiger partial charge in [0, 0.05) is 0 Å². The lowest BCUT2D eigenvalue weighted by Crippen LogP contribution is -2.31. The highest BCUT2D eigenvalue weighted by atomic mass is 35.5. The Morgan fingerprint density at radius 2 is 2.04 bits per heavy atom. The summed E-state index contributed by atoms with van der Waals surface area (Å²) in [4.78, 5) is 23.9. The summed E-state index contributed by atoms with van der Waals surface area (Å²) in [6.07, 6.45) is 1.48. The maximum absolute atomic E-state index is 12.1. The fourth-order valence-electron chi connectivity index (χ4n) is 2.05. The Morgan fingerprint density at radius 3 is 2.65 bits per heavy atom. The number of hydrogen-bond acceptors (Lipinski definition) is 6. The number of halogens is 1. The van der Waals surface area contributed by atoms with Gasteiger partial charge in [-0.05, 0) is 44.3 Å². The number of benzene rings is 1. The second kappa shape index (κ2) is 8.35. The van der Waals surface area contributed by atoms with Crippen LogP contribution in [0.25, 0.3) is 0 Å². The van der Waals surface area contributed by atoms with Crippen molar-refractivity contribution in [2.24, 2.45) is 0 Å². The lowest BCUT2D eigenvalue weighted by atomic mass is 10.2. The maximum atomic E-state index is 12.1. The third-order valence-electron chi connectivity index (χ3n) is 3.42. The molecule has 0 saturated carbocycles. The van der Waals surface area contributed by atoms with Gasteiger partial charge in [-0.3, -0.25) is 4.79 Å². The van der Waals surface area contributed by atoms with Crippen LogP contribution in [0.3, 0.4) is 0 Å². The van der Waals surface area contributed by atoms with E-state index in [1.807, 2.05) is 0 Å². The maximum Gasteiger partial charge on any atom is 0.340 e. The lowest BCUT2D eigenvalue weighted by Gasteiger charge is -2.12. The molecule has 1 atom stereocenters. The van der Waals surface area contributed by atoms with E-state index in [2.05, 4.69) is 10.0 Å². The highest BCUT2D eigenvalue weighted by Gasteiger charge is 2.20. The summed E-state index contributed by atoms with van der Waals surface area (Å²) in [7, 11) is -2.51. The van der Waals surface area contributed by atoms with Crippen LogP contribution in [0.4, 0.5) is 0 Å². The Bertz CT molecular complexity index is 895. The summed E-state index contributed by atoms with van der Waals surface area (Å²) < 4.78 is 35.8. The van der Waals surface area contributed by atoms with Crippen molar-refractivity contribution < 1.29 is 27.2 Å². The van der Waals surface area contributed by atoms with Crippen LogP contribution in [0.5, 0.6) is 0 Å². The number of sulfonamides is 1. The van der Waals surface area contributed by atoms with Gasteiger partial charge >= 0.3 is 5.97 Å². The minimum atomic E-state index is -3.75. The molecule has 0 bridgehead atoms. The van der Waals surface area contributed by atoms with Gasteiger partial charge in [-0.25, -0.2) is 17.9 Å². The molecular formula is C16H17ClN2O6S. The fourth-order valence-corrected chi connectivity index (χ4v) is 3.00. The van der Waals surface area contributed by atoms with E-state index in [-0.39, 0.29) is 15.5 Å². The number of amides is 1. The van der Waals surface area contributed by atoms with Crippen molar-refractivity contribution >= 4 is 33.5 Å². The Kier molecular flexibility index (Phi) is 6.41. The third-order valence-corrected chi connectivity index (χ3v) is 5.16. The molecule has 140 valence electrons. The van der Waals surface area contributed by atoms with E-state index in [0.717, 1.165) is 6.07 Å². The first kappa shape index (κ1) is 20.0. The average molecular weight is 401 g/mol. The van der Waals surface area contributed by atoms with E-state index in [4.69, 9.17) is 20.8 Å². The van der Waals surface area contributed by atoms with E-state index in [9.17, 15) is 18.0 Å². The summed E-state index contributed by atoms with van der Waals surface area (Å²) in [5.74, 6) is -0.904. The quantitative estimate of drug-likeness (QED) is 0.686. The molecule has 0 unspecified atom stereocenters. The van der Waals surface area contributed by atoms with E-state index >= 15 is 0 Å².